The van der Waals surface area contributed by atoms with Crippen molar-refractivity contribution in [3.05, 3.63) is 0 Å². The van der Waals surface area contributed by atoms with E-state index in [1.807, 2.05) is 4.90 Å². The van der Waals surface area contributed by atoms with Crippen LogP contribution in [0.15, 0.2) is 0 Å². The normalized spacial score (nSPS) is 39.1. The van der Waals surface area contributed by atoms with E-state index < -0.39 is 24.4 Å². The van der Waals surface area contributed by atoms with E-state index >= 15 is 0 Å². The summed E-state index contributed by atoms with van der Waals surface area (Å²) in [6.07, 6.45) is -1.39. The highest BCUT2D eigenvalue weighted by Crippen LogP contribution is 2.33. The van der Waals surface area contributed by atoms with E-state index in [4.69, 9.17) is 9.47 Å². The number of carbonyl (C=O) groups is 3. The molecule has 5 fully saturated rings. The molecule has 0 radical (unpaired) electrons. The lowest BCUT2D eigenvalue weighted by Crippen LogP contribution is -2.55. The van der Waals surface area contributed by atoms with Gasteiger partial charge in [0.15, 0.2) is 0 Å². The second-order valence-corrected chi connectivity index (χ2v) is 10.7. The number of amides is 3. The fourth-order valence-electron chi connectivity index (χ4n) is 5.96. The predicted molar refractivity (Wildman–Crippen MR) is 123 cm³/mol. The Hall–Kier alpha value is -1.79. The average Bonchev–Trinajstić information content (AvgIpc) is 3.57. The molecule has 0 unspecified atom stereocenters. The Kier molecular flexibility index (Phi) is 7.32. The summed E-state index contributed by atoms with van der Waals surface area (Å²) in [5, 5.41) is 24.3. The summed E-state index contributed by atoms with van der Waals surface area (Å²) in [6, 6.07) is -0.478. The van der Waals surface area contributed by atoms with E-state index in [2.05, 4.69) is 17.1 Å². The number of ether oxygens (including phenoxy) is 2. The lowest BCUT2D eigenvalue weighted by molar-refractivity contribution is -0.147. The van der Waals surface area contributed by atoms with Crippen LogP contribution >= 0.6 is 0 Å². The van der Waals surface area contributed by atoms with Gasteiger partial charge in [0, 0.05) is 44.7 Å². The quantitative estimate of drug-likeness (QED) is 0.424. The summed E-state index contributed by atoms with van der Waals surface area (Å²) in [7, 11) is 0. The SMILES string of the molecule is CCCN1C[C@@H]2C[C@H]1C(=O)N1CCO[C@H](CN(C(=O)C3CC3)C[C@H]3O[C@@H](CC(=O)N2)[C@H](O)[C@@H]3O)C1. The van der Waals surface area contributed by atoms with E-state index in [9.17, 15) is 24.6 Å². The number of hydrogen-bond acceptors (Lipinski definition) is 8. The number of fused-ring (bicyclic) bond motifs is 6. The number of nitrogens with zero attached hydrogens (tertiary/aromatic N) is 3. The van der Waals surface area contributed by atoms with Gasteiger partial charge in [0.25, 0.3) is 0 Å². The Bertz CT molecular complexity index is 824. The topological polar surface area (TPSA) is 132 Å². The Morgan fingerprint density at radius 3 is 2.60 bits per heavy atom. The highest BCUT2D eigenvalue weighted by Gasteiger charge is 2.47. The summed E-state index contributed by atoms with van der Waals surface area (Å²) in [6.45, 7) is 5.10. The molecule has 196 valence electrons. The van der Waals surface area contributed by atoms with Crippen LogP contribution in [0.1, 0.15) is 39.0 Å². The standard InChI is InChI=1S/C24H38N4O7/c1-2-5-26-10-15-8-17(26)24(33)27-6-7-34-16(11-27)12-28(23(32)14-3-4-14)13-19-22(31)21(30)18(35-19)9-20(29)25-15/h14-19,21-22,30-31H,2-13H2,1H3,(H,25,29)/t15-,16-,17-,18-,19+,21-,22+/m0/s1. The number of nitrogens with one attached hydrogen (secondary N) is 1. The van der Waals surface area contributed by atoms with Gasteiger partial charge in [-0.1, -0.05) is 6.92 Å². The van der Waals surface area contributed by atoms with Gasteiger partial charge in [0.2, 0.25) is 17.7 Å². The van der Waals surface area contributed by atoms with Crippen LogP contribution in [0.4, 0.5) is 0 Å². The largest absolute Gasteiger partial charge is 0.388 e. The lowest BCUT2D eigenvalue weighted by atomic mass is 10.0. The van der Waals surface area contributed by atoms with Crippen molar-refractivity contribution in [2.45, 2.75) is 81.6 Å². The van der Waals surface area contributed by atoms with Crippen molar-refractivity contribution in [2.24, 2.45) is 5.92 Å². The molecule has 0 aromatic heterocycles. The Labute approximate surface area is 205 Å². The second kappa shape index (κ2) is 10.3. The minimum Gasteiger partial charge on any atom is -0.388 e. The highest BCUT2D eigenvalue weighted by molar-refractivity contribution is 5.83. The third-order valence-electron chi connectivity index (χ3n) is 7.93. The molecule has 11 nitrogen and oxygen atoms in total. The first-order valence-corrected chi connectivity index (χ1v) is 13.1. The smallest absolute Gasteiger partial charge is 0.240 e. The summed E-state index contributed by atoms with van der Waals surface area (Å²) >= 11 is 0. The predicted octanol–water partition coefficient (Wildman–Crippen LogP) is -1.69. The average molecular weight is 495 g/mol. The fraction of sp³-hybridized carbons (Fsp3) is 0.875. The Morgan fingerprint density at radius 2 is 1.86 bits per heavy atom. The molecule has 3 N–H and O–H groups in total. The monoisotopic (exact) mass is 494 g/mol. The molecule has 0 aromatic rings. The Morgan fingerprint density at radius 1 is 1.09 bits per heavy atom. The van der Waals surface area contributed by atoms with Crippen LogP contribution in [0.2, 0.25) is 0 Å². The number of hydrogen-bond donors (Lipinski definition) is 3. The number of rotatable bonds is 3. The molecular weight excluding hydrogens is 456 g/mol. The van der Waals surface area contributed by atoms with Crippen LogP contribution in [0.3, 0.4) is 0 Å². The van der Waals surface area contributed by atoms with Gasteiger partial charge in [-0.15, -0.1) is 0 Å². The van der Waals surface area contributed by atoms with Gasteiger partial charge in [-0.2, -0.15) is 0 Å². The Balaban J connectivity index is 1.40. The maximum absolute atomic E-state index is 13.6. The van der Waals surface area contributed by atoms with Gasteiger partial charge in [-0.3, -0.25) is 19.3 Å². The molecular formula is C24H38N4O7. The van der Waals surface area contributed by atoms with E-state index in [1.165, 1.54) is 0 Å². The lowest BCUT2D eigenvalue weighted by Gasteiger charge is -2.38. The molecule has 0 spiro atoms. The van der Waals surface area contributed by atoms with Crippen LogP contribution < -0.4 is 5.32 Å². The molecule has 4 saturated heterocycles. The van der Waals surface area contributed by atoms with Crippen LogP contribution in [0.25, 0.3) is 0 Å². The summed E-state index contributed by atoms with van der Waals surface area (Å²) in [5.74, 6) is -0.284. The van der Waals surface area contributed by atoms with Crippen LogP contribution in [-0.4, -0.2) is 131 Å². The molecule has 4 heterocycles. The van der Waals surface area contributed by atoms with E-state index in [1.54, 1.807) is 4.90 Å². The number of morpholine rings is 1. The van der Waals surface area contributed by atoms with Crippen molar-refractivity contribution in [1.29, 1.82) is 0 Å². The molecule has 0 aromatic carbocycles. The maximum atomic E-state index is 13.6. The van der Waals surface area contributed by atoms with E-state index in [-0.39, 0.29) is 54.8 Å². The molecule has 4 aliphatic heterocycles. The molecule has 5 aliphatic rings. The van der Waals surface area contributed by atoms with Crippen molar-refractivity contribution in [1.82, 2.24) is 20.0 Å². The molecule has 1 saturated carbocycles. The van der Waals surface area contributed by atoms with Crippen molar-refractivity contribution in [3.63, 3.8) is 0 Å². The van der Waals surface area contributed by atoms with Crippen LogP contribution in [0.5, 0.6) is 0 Å². The van der Waals surface area contributed by atoms with Gasteiger partial charge in [0.05, 0.1) is 31.3 Å². The summed E-state index contributed by atoms with van der Waals surface area (Å²) in [5.41, 5.74) is 0. The molecule has 7 atom stereocenters. The van der Waals surface area contributed by atoms with Gasteiger partial charge < -0.3 is 34.8 Å². The van der Waals surface area contributed by atoms with Gasteiger partial charge in [-0.05, 0) is 32.2 Å². The van der Waals surface area contributed by atoms with Gasteiger partial charge in [0.1, 0.15) is 18.3 Å². The maximum Gasteiger partial charge on any atom is 0.240 e. The number of aliphatic hydroxyl groups excluding tert-OH is 2. The number of carbonyl (C=O) groups excluding carboxylic acids is 3. The number of likely N-dealkylation sites (tertiary alicyclic amines) is 1. The van der Waals surface area contributed by atoms with Crippen LogP contribution in [-0.2, 0) is 23.9 Å². The summed E-state index contributed by atoms with van der Waals surface area (Å²) < 4.78 is 11.9. The number of aliphatic hydroxyl groups is 2. The first kappa shape index (κ1) is 24.9. The van der Waals surface area contributed by atoms with Gasteiger partial charge >= 0.3 is 0 Å². The van der Waals surface area contributed by atoms with Crippen molar-refractivity contribution < 1.29 is 34.1 Å². The third kappa shape index (κ3) is 5.34. The molecule has 11 heteroatoms. The van der Waals surface area contributed by atoms with Crippen LogP contribution in [0, 0.1) is 5.92 Å². The highest BCUT2D eigenvalue weighted by atomic mass is 16.5. The van der Waals surface area contributed by atoms with Crippen molar-refractivity contribution >= 4 is 17.7 Å². The van der Waals surface area contributed by atoms with Crippen molar-refractivity contribution in [3.8, 4) is 0 Å². The minimum absolute atomic E-state index is 0.0163. The first-order valence-electron chi connectivity index (χ1n) is 13.1. The van der Waals surface area contributed by atoms with E-state index in [0.29, 0.717) is 39.2 Å². The molecule has 3 amide bonds. The molecule has 35 heavy (non-hydrogen) atoms. The third-order valence-corrected chi connectivity index (χ3v) is 7.93. The zero-order valence-electron chi connectivity index (χ0n) is 20.4. The minimum atomic E-state index is -1.21. The first-order chi connectivity index (χ1) is 16.8. The molecule has 5 rings (SSSR count). The van der Waals surface area contributed by atoms with E-state index in [0.717, 1.165) is 25.8 Å². The zero-order chi connectivity index (χ0) is 24.7. The molecule has 6 bridgehead atoms. The second-order valence-electron chi connectivity index (χ2n) is 10.7. The van der Waals surface area contributed by atoms with Gasteiger partial charge in [-0.25, -0.2) is 0 Å². The fourth-order valence-corrected chi connectivity index (χ4v) is 5.96. The zero-order valence-corrected chi connectivity index (χ0v) is 20.4. The molecule has 1 aliphatic carbocycles. The van der Waals surface area contributed by atoms with Crippen molar-refractivity contribution in [2.75, 3.05) is 45.9 Å². The summed E-state index contributed by atoms with van der Waals surface area (Å²) in [4.78, 5) is 45.1.